The molecule has 2 saturated heterocycles. The molecule has 0 bridgehead atoms. The molecule has 2 fully saturated rings. The van der Waals surface area contributed by atoms with Crippen molar-refractivity contribution < 1.29 is 22.7 Å². The number of carbonyl (C=O) groups excluding carboxylic acids is 1. The van der Waals surface area contributed by atoms with Crippen molar-refractivity contribution in [3.05, 3.63) is 60.3 Å². The smallest absolute Gasteiger partial charge is 0.376 e. The van der Waals surface area contributed by atoms with Crippen LogP contribution in [0.15, 0.2) is 49.1 Å². The van der Waals surface area contributed by atoms with Crippen LogP contribution in [0.3, 0.4) is 0 Å². The number of hydrogen-bond acceptors (Lipinski definition) is 6. The standard InChI is InChI=1S/C25H25B3F3N7O2/c1-14(2)20-23(11-40-12-23)38(25(26,27)28)22(39)37(20)19-8-9-32-21(35-19)34-15(3)18-10-36(13-33-18)17-6-4-16(5-7-17)24(29,30)31/h4-10,13-15,20H,11-12H2,1-3H3,(H,32,34,35)/t15-,20?/m0/s1. The van der Waals surface area contributed by atoms with Crippen molar-refractivity contribution in [3.63, 3.8) is 0 Å². The number of imidazole rings is 1. The molecule has 1 N–H and O–H groups in total. The van der Waals surface area contributed by atoms with Gasteiger partial charge in [-0.05, 0) is 43.2 Å². The molecule has 2 aliphatic rings. The van der Waals surface area contributed by atoms with E-state index in [1.54, 1.807) is 16.8 Å². The van der Waals surface area contributed by atoms with Gasteiger partial charge in [-0.3, -0.25) is 4.90 Å². The molecule has 9 nitrogen and oxygen atoms in total. The van der Waals surface area contributed by atoms with E-state index < -0.39 is 28.5 Å². The molecule has 40 heavy (non-hydrogen) atoms. The molecule has 4 heterocycles. The van der Waals surface area contributed by atoms with Gasteiger partial charge in [0.2, 0.25) is 5.95 Å². The molecule has 202 valence electrons. The largest absolute Gasteiger partial charge is 0.416 e. The van der Waals surface area contributed by atoms with E-state index in [2.05, 4.69) is 20.3 Å². The zero-order valence-electron chi connectivity index (χ0n) is 22.1. The molecule has 0 saturated carbocycles. The number of amides is 2. The Morgan fingerprint density at radius 2 is 1.75 bits per heavy atom. The van der Waals surface area contributed by atoms with Crippen molar-refractivity contribution in [2.75, 3.05) is 23.4 Å². The summed E-state index contributed by atoms with van der Waals surface area (Å²) in [5, 5.41) is 1.26. The number of hydrogen-bond donors (Lipinski definition) is 1. The molecule has 3 aromatic rings. The van der Waals surface area contributed by atoms with Crippen LogP contribution in [0, 0.1) is 5.92 Å². The Labute approximate surface area is 233 Å². The van der Waals surface area contributed by atoms with Gasteiger partial charge in [-0.15, -0.1) is 0 Å². The number of halogens is 3. The third kappa shape index (κ3) is 4.84. The average Bonchev–Trinajstić information content (AvgIpc) is 3.45. The van der Waals surface area contributed by atoms with Crippen molar-refractivity contribution in [2.45, 2.75) is 49.8 Å². The molecule has 1 unspecified atom stereocenters. The Hall–Kier alpha value is -3.48. The molecule has 2 aromatic heterocycles. The number of carbonyl (C=O) groups is 1. The first-order valence-electron chi connectivity index (χ1n) is 12.6. The highest BCUT2D eigenvalue weighted by Gasteiger charge is 2.64. The van der Waals surface area contributed by atoms with Crippen LogP contribution in [-0.4, -0.2) is 84.0 Å². The second kappa shape index (κ2) is 9.86. The number of urea groups is 1. The fraction of sp³-hybridized carbons (Fsp3) is 0.440. The molecule has 0 aliphatic carbocycles. The van der Waals surface area contributed by atoms with E-state index >= 15 is 0 Å². The molecule has 15 heteroatoms. The predicted molar refractivity (Wildman–Crippen MR) is 145 cm³/mol. The van der Waals surface area contributed by atoms with Crippen LogP contribution in [-0.2, 0) is 10.9 Å². The normalized spacial score (nSPS) is 19.8. The zero-order chi connectivity index (χ0) is 29.0. The first kappa shape index (κ1) is 28.1. The molecule has 2 amide bonds. The number of aromatic nitrogens is 4. The van der Waals surface area contributed by atoms with Crippen molar-refractivity contribution in [2.24, 2.45) is 5.92 Å². The number of benzene rings is 1. The lowest BCUT2D eigenvalue weighted by Crippen LogP contribution is -2.72. The van der Waals surface area contributed by atoms with Crippen LogP contribution in [0.25, 0.3) is 5.69 Å². The summed E-state index contributed by atoms with van der Waals surface area (Å²) in [6.45, 7) is 6.27. The molecular formula is C25H25B3F3N7O2. The topological polar surface area (TPSA) is 88.4 Å². The van der Waals surface area contributed by atoms with E-state index in [4.69, 9.17) is 28.3 Å². The van der Waals surface area contributed by atoms with Gasteiger partial charge >= 0.3 is 12.2 Å². The van der Waals surface area contributed by atoms with Crippen LogP contribution in [0.5, 0.6) is 0 Å². The van der Waals surface area contributed by atoms with Crippen molar-refractivity contribution in [3.8, 4) is 5.69 Å². The maximum absolute atomic E-state index is 13.6. The lowest BCUT2D eigenvalue weighted by molar-refractivity contribution is -0.137. The molecule has 6 radical (unpaired) electrons. The van der Waals surface area contributed by atoms with E-state index in [0.717, 1.165) is 12.1 Å². The Morgan fingerprint density at radius 3 is 2.30 bits per heavy atom. The fourth-order valence-electron chi connectivity index (χ4n) is 5.46. The molecular weight excluding hydrogens is 520 g/mol. The second-order valence-corrected chi connectivity index (χ2v) is 10.5. The monoisotopic (exact) mass is 545 g/mol. The van der Waals surface area contributed by atoms with Gasteiger partial charge < -0.3 is 19.5 Å². The fourth-order valence-corrected chi connectivity index (χ4v) is 5.46. The van der Waals surface area contributed by atoms with E-state index in [1.807, 2.05) is 20.8 Å². The minimum atomic E-state index is -4.41. The second-order valence-electron chi connectivity index (χ2n) is 10.5. The minimum absolute atomic E-state index is 0.0142. The van der Waals surface area contributed by atoms with Gasteiger partial charge in [0.1, 0.15) is 11.4 Å². The van der Waals surface area contributed by atoms with Crippen LogP contribution < -0.4 is 10.2 Å². The summed E-state index contributed by atoms with van der Waals surface area (Å²) in [5.41, 5.74) is -0.407. The van der Waals surface area contributed by atoms with E-state index in [1.165, 1.54) is 34.5 Å². The summed E-state index contributed by atoms with van der Waals surface area (Å²) in [4.78, 5) is 29.7. The van der Waals surface area contributed by atoms with Gasteiger partial charge in [-0.2, -0.15) is 18.2 Å². The molecule has 2 atom stereocenters. The van der Waals surface area contributed by atoms with Gasteiger partial charge in [0.15, 0.2) is 0 Å². The number of nitrogens with zero attached hydrogens (tertiary/aromatic N) is 6. The lowest BCUT2D eigenvalue weighted by atomic mass is 9.47. The van der Waals surface area contributed by atoms with E-state index in [-0.39, 0.29) is 37.2 Å². The molecule has 1 spiro atoms. The first-order chi connectivity index (χ1) is 18.7. The summed E-state index contributed by atoms with van der Waals surface area (Å²) < 4.78 is 45.8. The highest BCUT2D eigenvalue weighted by Crippen LogP contribution is 2.45. The van der Waals surface area contributed by atoms with E-state index in [9.17, 15) is 18.0 Å². The Bertz CT molecular complexity index is 1390. The van der Waals surface area contributed by atoms with Crippen LogP contribution in [0.4, 0.5) is 29.7 Å². The summed E-state index contributed by atoms with van der Waals surface area (Å²) >= 11 is 0. The SMILES string of the molecule is [B]C([B])([B])N1C(=O)N(c2ccnc(N[C@@H](C)c3cn(-c4ccc(C(F)(F)F)cc4)cn3)n2)C(C(C)C)C12COC2. The van der Waals surface area contributed by atoms with E-state index in [0.29, 0.717) is 17.2 Å². The molecule has 1 aromatic carbocycles. The Balaban J connectivity index is 1.37. The van der Waals surface area contributed by atoms with Gasteiger partial charge in [0, 0.05) is 18.1 Å². The summed E-state index contributed by atoms with van der Waals surface area (Å²) in [6.07, 6.45) is 0.324. The van der Waals surface area contributed by atoms with Crippen LogP contribution in [0.2, 0.25) is 0 Å². The van der Waals surface area contributed by atoms with Gasteiger partial charge in [-0.1, -0.05) is 19.1 Å². The number of rotatable bonds is 7. The lowest BCUT2D eigenvalue weighted by Gasteiger charge is -2.53. The predicted octanol–water partition coefficient (Wildman–Crippen LogP) is 3.01. The third-order valence-corrected chi connectivity index (χ3v) is 7.17. The van der Waals surface area contributed by atoms with Crippen molar-refractivity contribution >= 4 is 41.3 Å². The first-order valence-corrected chi connectivity index (χ1v) is 12.6. The number of nitrogens with one attached hydrogen (secondary N) is 1. The maximum atomic E-state index is 13.6. The quantitative estimate of drug-likeness (QED) is 0.460. The summed E-state index contributed by atoms with van der Waals surface area (Å²) in [6, 6.07) is 5.17. The van der Waals surface area contributed by atoms with Gasteiger partial charge in [0.25, 0.3) is 0 Å². The molecule has 2 aliphatic heterocycles. The van der Waals surface area contributed by atoms with Crippen LogP contribution >= 0.6 is 0 Å². The number of anilines is 2. The van der Waals surface area contributed by atoms with Gasteiger partial charge in [0.05, 0.1) is 66.4 Å². The highest BCUT2D eigenvalue weighted by molar-refractivity contribution is 6.60. The highest BCUT2D eigenvalue weighted by atomic mass is 19.4. The van der Waals surface area contributed by atoms with Crippen molar-refractivity contribution in [1.29, 1.82) is 0 Å². The number of alkyl halides is 3. The van der Waals surface area contributed by atoms with Crippen molar-refractivity contribution in [1.82, 2.24) is 24.4 Å². The summed E-state index contributed by atoms with van der Waals surface area (Å²) in [5.74, 6) is 0.558. The number of ether oxygens (including phenoxy) is 1. The zero-order valence-corrected chi connectivity index (χ0v) is 22.1. The average molecular weight is 545 g/mol. The molecule has 5 rings (SSSR count). The van der Waals surface area contributed by atoms with Crippen LogP contribution in [0.1, 0.15) is 38.1 Å². The summed E-state index contributed by atoms with van der Waals surface area (Å²) in [7, 11) is 18.1. The van der Waals surface area contributed by atoms with Gasteiger partial charge in [-0.25, -0.2) is 14.8 Å². The minimum Gasteiger partial charge on any atom is -0.376 e. The Morgan fingerprint density at radius 1 is 1.07 bits per heavy atom. The Kier molecular flexibility index (Phi) is 6.92. The third-order valence-electron chi connectivity index (χ3n) is 7.17. The maximum Gasteiger partial charge on any atom is 0.416 e.